The Kier molecular flexibility index (Phi) is 35.9. The zero-order valence-corrected chi connectivity index (χ0v) is 62.2. The molecule has 0 amide bonds. The zero-order chi connectivity index (χ0) is 85.0. The monoisotopic (exact) mass is 1650 g/mol. The lowest BCUT2D eigenvalue weighted by molar-refractivity contribution is -0.150. The molecule has 0 saturated carbocycles. The molecule has 0 aromatic rings. The lowest BCUT2D eigenvalue weighted by Gasteiger charge is -2.16. The fraction of sp³-hybridized carbons (Fsp3) is 0.548. The van der Waals surface area contributed by atoms with Crippen LogP contribution in [0.5, 0.6) is 0 Å². The van der Waals surface area contributed by atoms with Gasteiger partial charge in [-0.25, -0.2) is 62.3 Å². The molecule has 12 aliphatic heterocycles. The molecule has 12 aliphatic rings. The van der Waals surface area contributed by atoms with Crippen molar-refractivity contribution in [2.24, 2.45) is 11.8 Å². The number of hydrogen-bond acceptors (Lipinski definition) is 38. The Morgan fingerprint density at radius 2 is 0.405 bits per heavy atom. The number of aliphatic hydroxyl groups excluding tert-OH is 3. The number of carboxylic acid groups (broad SMARTS) is 5. The average Bonchev–Trinajstić information content (AvgIpc) is 1.71. The average molecular weight is 1650 g/mol. The van der Waals surface area contributed by atoms with E-state index < -0.39 is 187 Å². The maximum Gasteiger partial charge on any atom is 0.331 e. The Morgan fingerprint density at radius 1 is 0.241 bits per heavy atom. The van der Waals surface area contributed by atoms with Crippen LogP contribution in [0.15, 0.2) is 110 Å². The fourth-order valence-electron chi connectivity index (χ4n) is 12.6. The van der Waals surface area contributed by atoms with E-state index in [1.807, 2.05) is 13.8 Å². The maximum atomic E-state index is 11.6. The van der Waals surface area contributed by atoms with E-state index in [1.165, 1.54) is 13.8 Å². The van der Waals surface area contributed by atoms with Gasteiger partial charge >= 0.3 is 77.6 Å². The molecule has 8 N–H and O–H groups in total. The minimum absolute atomic E-state index is 0.0312. The van der Waals surface area contributed by atoms with Crippen LogP contribution in [-0.4, -0.2) is 344 Å². The number of esters is 8. The summed E-state index contributed by atoms with van der Waals surface area (Å²) in [4.78, 5) is 164. The third kappa shape index (κ3) is 29.0. The lowest BCUT2D eigenvalue weighted by Crippen LogP contribution is -2.35. The van der Waals surface area contributed by atoms with Crippen molar-refractivity contribution in [1.82, 2.24) is 0 Å². The van der Waals surface area contributed by atoms with Crippen LogP contribution in [0.2, 0.25) is 0 Å². The lowest BCUT2D eigenvalue weighted by atomic mass is 10.0. The first kappa shape index (κ1) is 92.5. The number of carbonyl (C=O) groups is 15. The van der Waals surface area contributed by atoms with E-state index in [-0.39, 0.29) is 94.6 Å². The van der Waals surface area contributed by atoms with E-state index >= 15 is 0 Å². The molecule has 0 aromatic carbocycles. The van der Waals surface area contributed by atoms with Crippen LogP contribution in [-0.2, 0) is 167 Å². The summed E-state index contributed by atoms with van der Waals surface area (Å²) in [7, 11) is 0. The van der Waals surface area contributed by atoms with E-state index in [2.05, 4.69) is 6.58 Å². The van der Waals surface area contributed by atoms with Gasteiger partial charge in [-0.2, -0.15) is 0 Å². The largest absolute Gasteiger partial charge is 0.509 e. The second kappa shape index (κ2) is 45.0. The number of carbonyl (C=O) groups excluding carboxylic acids is 10. The van der Waals surface area contributed by atoms with Crippen molar-refractivity contribution in [2.45, 2.75) is 162 Å². The number of aliphatic carboxylic acids is 5. The van der Waals surface area contributed by atoms with Crippen molar-refractivity contribution >= 4 is 89.2 Å². The summed E-state index contributed by atoms with van der Waals surface area (Å²) in [5, 5.41) is 69.8. The molecule has 636 valence electrons. The second-order valence-electron chi connectivity index (χ2n) is 26.5. The van der Waals surface area contributed by atoms with Gasteiger partial charge in [0, 0.05) is 90.8 Å². The summed E-state index contributed by atoms with van der Waals surface area (Å²) in [5.41, 5.74) is 0. The number of carboxylic acids is 5. The fourth-order valence-corrected chi connectivity index (χ4v) is 12.6. The Hall–Kier alpha value is -10.7. The summed E-state index contributed by atoms with van der Waals surface area (Å²) in [5.74, 6) is -12.2. The van der Waals surface area contributed by atoms with E-state index in [9.17, 15) is 82.1 Å². The minimum Gasteiger partial charge on any atom is -0.509 e. The molecule has 116 heavy (non-hydrogen) atoms. The van der Waals surface area contributed by atoms with Crippen molar-refractivity contribution in [3.8, 4) is 0 Å². The van der Waals surface area contributed by atoms with Crippen LogP contribution in [0, 0.1) is 11.8 Å². The third-order valence-electron chi connectivity index (χ3n) is 17.7. The molecule has 12 heterocycles. The maximum absolute atomic E-state index is 11.6. The van der Waals surface area contributed by atoms with Crippen LogP contribution in [0.4, 0.5) is 0 Å². The van der Waals surface area contributed by atoms with Crippen molar-refractivity contribution < 1.29 is 208 Å². The van der Waals surface area contributed by atoms with E-state index in [4.69, 9.17) is 125 Å². The number of hydrogen-bond donors (Lipinski definition) is 8. The van der Waals surface area contributed by atoms with Crippen molar-refractivity contribution in [3.05, 3.63) is 110 Å². The molecular weight excluding hydrogens is 1560 g/mol. The van der Waals surface area contributed by atoms with Gasteiger partial charge in [0.2, 0.25) is 0 Å². The Morgan fingerprint density at radius 3 is 0.612 bits per heavy atom. The van der Waals surface area contributed by atoms with Crippen molar-refractivity contribution in [2.75, 3.05) is 79.3 Å². The molecule has 0 radical (unpaired) electrons. The first-order valence-corrected chi connectivity index (χ1v) is 35.4. The van der Waals surface area contributed by atoms with Crippen LogP contribution in [0.25, 0.3) is 0 Å². The summed E-state index contributed by atoms with van der Waals surface area (Å²) in [6.45, 7) is 12.5. The van der Waals surface area contributed by atoms with E-state index in [0.717, 1.165) is 79.0 Å². The summed E-state index contributed by atoms with van der Waals surface area (Å²) < 4.78 is 105. The molecule has 0 unspecified atom stereocenters. The van der Waals surface area contributed by atoms with E-state index in [0.29, 0.717) is 56.5 Å². The molecule has 12 rings (SSSR count). The molecule has 43 nitrogen and oxygen atoms in total. The molecule has 0 bridgehead atoms. The number of ketones is 2. The first-order chi connectivity index (χ1) is 55.0. The highest BCUT2D eigenvalue weighted by Crippen LogP contribution is 2.36. The highest BCUT2D eigenvalue weighted by atomic mass is 16.7. The van der Waals surface area contributed by atoms with Gasteiger partial charge in [-0.1, -0.05) is 20.4 Å². The predicted molar refractivity (Wildman–Crippen MR) is 371 cm³/mol. The number of fused-ring (bicyclic) bond motifs is 6. The number of allylic oxidation sites excluding steroid dienone is 3. The Balaban J connectivity index is 0.000000194. The summed E-state index contributed by atoms with van der Waals surface area (Å²) >= 11 is 0. The molecule has 12 fully saturated rings. The van der Waals surface area contributed by atoms with Crippen molar-refractivity contribution in [1.29, 1.82) is 0 Å². The Bertz CT molecular complexity index is 3330. The second-order valence-corrected chi connectivity index (χ2v) is 26.5. The molecule has 43 heteroatoms. The van der Waals surface area contributed by atoms with Crippen LogP contribution >= 0.6 is 0 Å². The van der Waals surface area contributed by atoms with Crippen LogP contribution in [0.3, 0.4) is 0 Å². The standard InChI is InChI=1S/2C15H16O9.3C11H14O6.C10H12O7/c2*1-8(16)2-4-12(19)23-9-6-21-15-10(7-22-14(9)15)24-13(20)5-3-11(17)18;2*1-6-4-15-11-7(5-16-10(6)11)17-9(14)3-2-8(12)13;1-6(12)2-3-9(14)17-8-5-16-10-7(13)4-15-11(8)10;11-5-3-15-10-6(4-16-9(5)10)17-8(14)2-1-7(12)13/h2-5,9-10,14-15H,6-7H2,1H3,(H,17,18);2-5,9-10,14-16H,1,6-7H2,(H,17,18);2*2-3,6-7,10-11H,4-5H2,1H3,(H,12,13);2-3,7-8,10-11,13H,4-5H2,1H3;1-2,5-6,9-11H,3-4H2,(H,12,13)/b4-2+,5-3+;4-2-,5-3-;3-2+;3-2-;3-2+;2-1-/t2*9-,10+,14+,15+;2*6-,7+,10+,11+;7-,8+,10-,11-;5-,6+,9-,10-/m000011/s1. The molecule has 0 aromatic heterocycles. The number of rotatable bonds is 24. The summed E-state index contributed by atoms with van der Waals surface area (Å²) in [6.07, 6.45) is 3.12. The number of ether oxygens (including phenoxy) is 20. The minimum atomic E-state index is -1.27. The molecule has 0 spiro atoms. The SMILES string of the molecule is C=C(O)/C=C\C(=O)O[C@H]1CO[C@H]2[C@@H]1OC[C@H]2OC(=O)/C=C\C(=O)O.CC(=O)/C=C/C(=O)O[C@H]1CO[C@H]2[C@@H]1OC[C@H]2O.CC(=O)/C=C/C(=O)O[C@H]1CO[C@H]2[C@@H]1OC[C@H]2OC(=O)/C=C/C(=O)O.C[C@H]1CO[C@H]2[C@@H]1OC[C@H]2OC(=O)/C=C/C(=O)O.C[C@H]1CO[C@H]2[C@@H]1OC[C@H]2OC(=O)/C=C\C(=O)O.O=C(O)/C=C\C(=O)O[C@H]1CO[C@H]2[C@@H]1OC[C@H]2O. The molecule has 24 atom stereocenters. The van der Waals surface area contributed by atoms with Crippen LogP contribution < -0.4 is 0 Å². The summed E-state index contributed by atoms with van der Waals surface area (Å²) in [6, 6.07) is 0. The Labute approximate surface area is 657 Å². The molecule has 0 aliphatic carbocycles. The third-order valence-corrected chi connectivity index (χ3v) is 17.7. The van der Waals surface area contributed by atoms with Gasteiger partial charge in [-0.15, -0.1) is 0 Å². The van der Waals surface area contributed by atoms with Gasteiger partial charge in [0.1, 0.15) is 79.0 Å². The van der Waals surface area contributed by atoms with Gasteiger partial charge in [0.05, 0.1) is 91.5 Å². The van der Waals surface area contributed by atoms with Crippen molar-refractivity contribution in [3.63, 3.8) is 0 Å². The predicted octanol–water partition coefficient (Wildman–Crippen LogP) is -2.89. The number of aliphatic hydroxyl groups is 3. The van der Waals surface area contributed by atoms with Gasteiger partial charge in [-0.05, 0) is 32.1 Å². The first-order valence-electron chi connectivity index (χ1n) is 35.4. The van der Waals surface area contributed by atoms with E-state index in [1.54, 1.807) is 0 Å². The van der Waals surface area contributed by atoms with Crippen LogP contribution in [0.1, 0.15) is 27.7 Å². The topological polar surface area (TPSA) is 602 Å². The van der Waals surface area contributed by atoms with Gasteiger partial charge in [-0.3, -0.25) is 9.59 Å². The zero-order valence-electron chi connectivity index (χ0n) is 62.2. The highest BCUT2D eigenvalue weighted by Gasteiger charge is 2.55. The molecule has 12 saturated heterocycles. The normalized spacial score (nSPS) is 33.1. The van der Waals surface area contributed by atoms with Gasteiger partial charge in [0.25, 0.3) is 0 Å². The van der Waals surface area contributed by atoms with Gasteiger partial charge in [0.15, 0.2) is 60.4 Å². The van der Waals surface area contributed by atoms with Gasteiger partial charge < -0.3 is 136 Å². The quantitative estimate of drug-likeness (QED) is 0.0158. The molecular formula is C73H86O43. The smallest absolute Gasteiger partial charge is 0.331 e. The highest BCUT2D eigenvalue weighted by molar-refractivity contribution is 5.96.